The average molecular weight is 399 g/mol. The second-order valence-corrected chi connectivity index (χ2v) is 6.64. The lowest BCUT2D eigenvalue weighted by atomic mass is 10.1. The van der Waals surface area contributed by atoms with Crippen LogP contribution in [0.2, 0.25) is 0 Å². The number of likely N-dealkylation sites (tertiary alicyclic amines) is 1. The van der Waals surface area contributed by atoms with E-state index in [4.69, 9.17) is 15.7 Å². The third-order valence-electron chi connectivity index (χ3n) is 4.53. The maximum atomic E-state index is 13.5. The van der Waals surface area contributed by atoms with Crippen molar-refractivity contribution >= 4 is 11.6 Å². The highest BCUT2D eigenvalue weighted by molar-refractivity contribution is 5.83. The van der Waals surface area contributed by atoms with E-state index in [1.807, 2.05) is 6.07 Å². The SMILES string of the molecule is N#C[C@@H]1C[C@H](F)CN1C(=O)C(N)Cc1ccc(Oc2ccc([N+](=O)[O-])cn2)cc1. The molecule has 0 radical (unpaired) electrons. The predicted octanol–water partition coefficient (Wildman–Crippen LogP) is 2.11. The van der Waals surface area contributed by atoms with Crippen LogP contribution in [0.3, 0.4) is 0 Å². The molecule has 1 fully saturated rings. The lowest BCUT2D eigenvalue weighted by Gasteiger charge is -2.23. The third-order valence-corrected chi connectivity index (χ3v) is 4.53. The first-order chi connectivity index (χ1) is 13.9. The van der Waals surface area contributed by atoms with Crippen molar-refractivity contribution in [2.75, 3.05) is 6.54 Å². The van der Waals surface area contributed by atoms with Crippen molar-refractivity contribution in [1.29, 1.82) is 5.26 Å². The van der Waals surface area contributed by atoms with Crippen molar-refractivity contribution in [3.63, 3.8) is 0 Å². The lowest BCUT2D eigenvalue weighted by molar-refractivity contribution is -0.385. The molecule has 0 saturated carbocycles. The molecule has 10 heteroatoms. The molecule has 0 bridgehead atoms. The second-order valence-electron chi connectivity index (χ2n) is 6.64. The molecule has 1 unspecified atom stereocenters. The predicted molar refractivity (Wildman–Crippen MR) is 99.7 cm³/mol. The van der Waals surface area contributed by atoms with Gasteiger partial charge in [-0.2, -0.15) is 5.26 Å². The van der Waals surface area contributed by atoms with Gasteiger partial charge in [0.25, 0.3) is 5.69 Å². The molecule has 1 saturated heterocycles. The minimum absolute atomic E-state index is 0.0116. The van der Waals surface area contributed by atoms with Crippen molar-refractivity contribution in [2.24, 2.45) is 5.73 Å². The molecule has 1 aliphatic rings. The Balaban J connectivity index is 1.59. The Labute approximate surface area is 165 Å². The van der Waals surface area contributed by atoms with Crippen LogP contribution in [0.15, 0.2) is 42.6 Å². The summed E-state index contributed by atoms with van der Waals surface area (Å²) in [6, 6.07) is 9.69. The summed E-state index contributed by atoms with van der Waals surface area (Å²) in [5.41, 5.74) is 6.60. The largest absolute Gasteiger partial charge is 0.439 e. The normalized spacial score (nSPS) is 19.4. The summed E-state index contributed by atoms with van der Waals surface area (Å²) in [5.74, 6) is 0.207. The number of halogens is 1. The number of carbonyl (C=O) groups excluding carboxylic acids is 1. The van der Waals surface area contributed by atoms with E-state index in [0.29, 0.717) is 5.75 Å². The van der Waals surface area contributed by atoms with Crippen molar-refractivity contribution < 1.29 is 18.8 Å². The summed E-state index contributed by atoms with van der Waals surface area (Å²) in [6.45, 7) is -0.111. The van der Waals surface area contributed by atoms with E-state index in [0.717, 1.165) is 11.8 Å². The molecule has 1 aromatic carbocycles. The van der Waals surface area contributed by atoms with Gasteiger partial charge in [0.1, 0.15) is 24.2 Å². The molecule has 1 aromatic heterocycles. The lowest BCUT2D eigenvalue weighted by Crippen LogP contribution is -2.46. The first-order valence-electron chi connectivity index (χ1n) is 8.84. The Morgan fingerprint density at radius 3 is 2.72 bits per heavy atom. The van der Waals surface area contributed by atoms with Crippen LogP contribution in [-0.4, -0.2) is 45.5 Å². The van der Waals surface area contributed by atoms with E-state index >= 15 is 0 Å². The zero-order chi connectivity index (χ0) is 21.0. The van der Waals surface area contributed by atoms with Gasteiger partial charge in [-0.25, -0.2) is 9.37 Å². The molecule has 29 heavy (non-hydrogen) atoms. The summed E-state index contributed by atoms with van der Waals surface area (Å²) in [7, 11) is 0. The Morgan fingerprint density at radius 1 is 1.41 bits per heavy atom. The van der Waals surface area contributed by atoms with Crippen LogP contribution in [0.1, 0.15) is 12.0 Å². The number of nitrogens with zero attached hydrogens (tertiary/aromatic N) is 4. The highest BCUT2D eigenvalue weighted by atomic mass is 19.1. The molecule has 2 aromatic rings. The third kappa shape index (κ3) is 4.83. The number of hydrogen-bond donors (Lipinski definition) is 1. The minimum Gasteiger partial charge on any atom is -0.439 e. The van der Waals surface area contributed by atoms with Crippen molar-refractivity contribution in [3.8, 4) is 17.7 Å². The van der Waals surface area contributed by atoms with Gasteiger partial charge in [0.2, 0.25) is 11.8 Å². The van der Waals surface area contributed by atoms with E-state index < -0.39 is 29.1 Å². The minimum atomic E-state index is -1.21. The fraction of sp³-hybridized carbons (Fsp3) is 0.316. The molecule has 2 N–H and O–H groups in total. The van der Waals surface area contributed by atoms with Crippen LogP contribution in [0.5, 0.6) is 11.6 Å². The number of nitrogens with two attached hydrogens (primary N) is 1. The van der Waals surface area contributed by atoms with E-state index in [-0.39, 0.29) is 31.0 Å². The molecule has 9 nitrogen and oxygen atoms in total. The van der Waals surface area contributed by atoms with E-state index in [1.165, 1.54) is 17.0 Å². The standard InChI is InChI=1S/C19H18FN5O4/c20-13-8-15(9-21)24(11-13)19(26)17(22)7-12-1-4-16(5-2-12)29-18-6-3-14(10-23-18)25(27)28/h1-6,10,13,15,17H,7-8,11,22H2/t13-,15-,17?/m0/s1. The van der Waals surface area contributed by atoms with Gasteiger partial charge in [-0.05, 0) is 24.1 Å². The molecule has 2 heterocycles. The number of aromatic nitrogens is 1. The van der Waals surface area contributed by atoms with Crippen LogP contribution < -0.4 is 10.5 Å². The number of amides is 1. The quantitative estimate of drug-likeness (QED) is 0.580. The number of alkyl halides is 1. The summed E-state index contributed by atoms with van der Waals surface area (Å²) < 4.78 is 19.0. The summed E-state index contributed by atoms with van der Waals surface area (Å²) in [6.07, 6.45) is 0.127. The Kier molecular flexibility index (Phi) is 5.99. The van der Waals surface area contributed by atoms with Crippen molar-refractivity contribution in [3.05, 3.63) is 58.3 Å². The van der Waals surface area contributed by atoms with E-state index in [1.54, 1.807) is 24.3 Å². The average Bonchev–Trinajstić information content (AvgIpc) is 3.10. The number of nitriles is 1. The molecular weight excluding hydrogens is 381 g/mol. The number of ether oxygens (including phenoxy) is 1. The monoisotopic (exact) mass is 399 g/mol. The number of benzene rings is 1. The van der Waals surface area contributed by atoms with Gasteiger partial charge in [-0.15, -0.1) is 0 Å². The summed E-state index contributed by atoms with van der Waals surface area (Å²) >= 11 is 0. The van der Waals surface area contributed by atoms with Crippen LogP contribution in [-0.2, 0) is 11.2 Å². The first kappa shape index (κ1) is 20.2. The fourth-order valence-electron chi connectivity index (χ4n) is 3.06. The molecule has 3 atom stereocenters. The van der Waals surface area contributed by atoms with Gasteiger partial charge in [0.15, 0.2) is 0 Å². The molecule has 0 aliphatic carbocycles. The van der Waals surface area contributed by atoms with Crippen LogP contribution in [0.4, 0.5) is 10.1 Å². The van der Waals surface area contributed by atoms with Crippen LogP contribution in [0, 0.1) is 21.4 Å². The number of nitro groups is 1. The van der Waals surface area contributed by atoms with Gasteiger partial charge in [0, 0.05) is 18.6 Å². The van der Waals surface area contributed by atoms with Crippen LogP contribution in [0.25, 0.3) is 0 Å². The second kappa shape index (κ2) is 8.62. The van der Waals surface area contributed by atoms with Gasteiger partial charge in [0.05, 0.1) is 23.6 Å². The molecule has 0 spiro atoms. The molecular formula is C19H18FN5O4. The van der Waals surface area contributed by atoms with Gasteiger partial charge < -0.3 is 15.4 Å². The van der Waals surface area contributed by atoms with Crippen molar-refractivity contribution in [2.45, 2.75) is 31.1 Å². The van der Waals surface area contributed by atoms with Gasteiger partial charge >= 0.3 is 0 Å². The maximum Gasteiger partial charge on any atom is 0.287 e. The van der Waals surface area contributed by atoms with Crippen LogP contribution >= 0.6 is 0 Å². The highest BCUT2D eigenvalue weighted by Gasteiger charge is 2.37. The number of carbonyl (C=O) groups is 1. The molecule has 1 aliphatic heterocycles. The molecule has 1 amide bonds. The zero-order valence-electron chi connectivity index (χ0n) is 15.3. The maximum absolute atomic E-state index is 13.5. The Hall–Kier alpha value is -3.58. The van der Waals surface area contributed by atoms with Gasteiger partial charge in [-0.3, -0.25) is 14.9 Å². The number of pyridine rings is 1. The molecule has 150 valence electrons. The fourth-order valence-corrected chi connectivity index (χ4v) is 3.06. The first-order valence-corrected chi connectivity index (χ1v) is 8.84. The molecule has 3 rings (SSSR count). The Morgan fingerprint density at radius 2 is 2.14 bits per heavy atom. The highest BCUT2D eigenvalue weighted by Crippen LogP contribution is 2.23. The summed E-state index contributed by atoms with van der Waals surface area (Å²) in [5, 5.41) is 19.7. The zero-order valence-corrected chi connectivity index (χ0v) is 15.3. The number of hydrogen-bond acceptors (Lipinski definition) is 7. The van der Waals surface area contributed by atoms with E-state index in [2.05, 4.69) is 4.98 Å². The van der Waals surface area contributed by atoms with Gasteiger partial charge in [-0.1, -0.05) is 12.1 Å². The van der Waals surface area contributed by atoms with Crippen molar-refractivity contribution in [1.82, 2.24) is 9.88 Å². The Bertz CT molecular complexity index is 929. The number of rotatable bonds is 6. The smallest absolute Gasteiger partial charge is 0.287 e. The topological polar surface area (TPSA) is 135 Å². The summed E-state index contributed by atoms with van der Waals surface area (Å²) in [4.78, 5) is 27.6. The van der Waals surface area contributed by atoms with E-state index in [9.17, 15) is 19.3 Å².